The van der Waals surface area contributed by atoms with Crippen LogP contribution in [0.25, 0.3) is 90.9 Å². The molecule has 0 fully saturated rings. The molecule has 4 amide bonds. The van der Waals surface area contributed by atoms with E-state index in [1.165, 1.54) is 48.5 Å². The number of hydrogen-bond donors (Lipinski definition) is 14. The fourth-order valence-electron chi connectivity index (χ4n) is 12.2. The molecule has 2 aliphatic rings. The van der Waals surface area contributed by atoms with Gasteiger partial charge in [-0.2, -0.15) is 0 Å². The smallest absolute Gasteiger partial charge is 0.251 e. The highest BCUT2D eigenvalue weighted by molar-refractivity contribution is 6.03. The van der Waals surface area contributed by atoms with Gasteiger partial charge < -0.3 is 72.1 Å². The third-order valence-electron chi connectivity index (χ3n) is 17.5. The van der Waals surface area contributed by atoms with Crippen molar-refractivity contribution in [2.24, 2.45) is 0 Å². The van der Waals surface area contributed by atoms with Crippen LogP contribution in [0.1, 0.15) is 86.5 Å². The minimum Gasteiger partial charge on any atom is -0.504 e. The predicted octanol–water partition coefficient (Wildman–Crippen LogP) is 12.9. The Morgan fingerprint density at radius 1 is 0.270 bits per heavy atom. The summed E-state index contributed by atoms with van der Waals surface area (Å²) in [6.07, 6.45) is 9.30. The van der Waals surface area contributed by atoms with Crippen LogP contribution in [0, 0.1) is 0 Å². The maximum atomic E-state index is 13.7. The molecule has 0 unspecified atom stereocenters. The van der Waals surface area contributed by atoms with Gasteiger partial charge in [0.2, 0.25) is 0 Å². The predicted molar refractivity (Wildman–Crippen MR) is 384 cm³/mol. The molecule has 0 saturated carbocycles. The van der Waals surface area contributed by atoms with Gasteiger partial charge in [0.25, 0.3) is 23.6 Å². The summed E-state index contributed by atoms with van der Waals surface area (Å²) >= 11 is 0. The van der Waals surface area contributed by atoms with E-state index in [1.54, 1.807) is 72.8 Å². The number of amides is 4. The molecule has 0 aliphatic carbocycles. The molecule has 14 N–H and O–H groups in total. The van der Waals surface area contributed by atoms with E-state index in [0.717, 1.165) is 22.3 Å². The minimum atomic E-state index is -0.320. The number of phenolic OH excluding ortho intramolecular Hbond substituents is 8. The van der Waals surface area contributed by atoms with Crippen LogP contribution < -0.4 is 21.3 Å². The highest BCUT2D eigenvalue weighted by atomic mass is 16.3. The number of aromatic amines is 2. The van der Waals surface area contributed by atoms with Crippen molar-refractivity contribution in [2.75, 3.05) is 26.2 Å². The lowest BCUT2D eigenvalue weighted by molar-refractivity contribution is 0.0946. The molecule has 5 heterocycles. The number of hydrogen-bond acceptors (Lipinski definition) is 14. The van der Waals surface area contributed by atoms with Crippen molar-refractivity contribution < 1.29 is 60.0 Å². The SMILES string of the molecule is O=C(NCCc1ccc(O)c(O)c1)c1ccc(-c2c3nc(c(-c4ccc(C(=O)NCCc5ccc(O)c(O)c5)cc4)c4ccc([nH]4)c(-c4ccc(C(=O)NCCc5ccc(O)c(O)c5)cc4)c4nc(c(-c5ccc(C(=O)NCCc6ccc(O)c(O)c6)cc5)c5ccc2[nH]5)C=C4)C=C3)cc1. The largest absolute Gasteiger partial charge is 0.504 e. The van der Waals surface area contributed by atoms with Gasteiger partial charge in [-0.25, -0.2) is 9.97 Å². The molecule has 2 aliphatic heterocycles. The first kappa shape index (κ1) is 65.3. The van der Waals surface area contributed by atoms with E-state index in [9.17, 15) is 60.0 Å². The number of nitrogens with zero attached hydrogens (tertiary/aromatic N) is 2. The number of H-pyrrole nitrogens is 2. The molecule has 13 rings (SSSR count). The zero-order chi connectivity index (χ0) is 69.6. The van der Waals surface area contributed by atoms with E-state index in [4.69, 9.17) is 9.97 Å². The second-order valence-corrected chi connectivity index (χ2v) is 24.1. The molecule has 8 aromatic carbocycles. The van der Waals surface area contributed by atoms with E-state index in [2.05, 4.69) is 31.2 Å². The molecule has 498 valence electrons. The third-order valence-corrected chi connectivity index (χ3v) is 17.5. The van der Waals surface area contributed by atoms with Crippen LogP contribution in [-0.2, 0) is 25.7 Å². The van der Waals surface area contributed by atoms with E-state index in [0.29, 0.717) is 137 Å². The summed E-state index contributed by atoms with van der Waals surface area (Å²) in [5, 5.41) is 91.3. The molecule has 0 saturated heterocycles. The number of carbonyl (C=O) groups is 4. The number of rotatable bonds is 20. The second-order valence-electron chi connectivity index (χ2n) is 24.1. The number of nitrogens with one attached hydrogen (secondary N) is 6. The van der Waals surface area contributed by atoms with E-state index >= 15 is 0 Å². The monoisotopic (exact) mass is 1330 g/mol. The molecule has 0 radical (unpaired) electrons. The van der Waals surface area contributed by atoms with Crippen molar-refractivity contribution in [3.8, 4) is 90.5 Å². The maximum absolute atomic E-state index is 13.7. The minimum absolute atomic E-state index is 0.235. The van der Waals surface area contributed by atoms with Crippen molar-refractivity contribution in [3.05, 3.63) is 261 Å². The highest BCUT2D eigenvalue weighted by Crippen LogP contribution is 2.40. The first-order valence-electron chi connectivity index (χ1n) is 32.2. The van der Waals surface area contributed by atoms with Crippen molar-refractivity contribution in [3.63, 3.8) is 0 Å². The van der Waals surface area contributed by atoms with Crippen LogP contribution in [-0.4, -0.2) is 111 Å². The summed E-state index contributed by atoms with van der Waals surface area (Å²) in [6, 6.07) is 54.6. The van der Waals surface area contributed by atoms with Gasteiger partial charge in [0, 0.05) is 92.8 Å². The number of carbonyl (C=O) groups excluding carboxylic acids is 4. The molecule has 0 spiro atoms. The molecule has 20 heteroatoms. The van der Waals surface area contributed by atoms with Crippen LogP contribution in [0.15, 0.2) is 194 Å². The molecule has 11 aromatic rings. The van der Waals surface area contributed by atoms with Gasteiger partial charge >= 0.3 is 0 Å². The van der Waals surface area contributed by atoms with Crippen LogP contribution in [0.5, 0.6) is 46.0 Å². The Kier molecular flexibility index (Phi) is 18.6. The molecule has 0 atom stereocenters. The summed E-state index contributed by atoms with van der Waals surface area (Å²) in [5.41, 5.74) is 14.9. The van der Waals surface area contributed by atoms with Gasteiger partial charge in [-0.1, -0.05) is 72.8 Å². The Morgan fingerprint density at radius 3 is 0.680 bits per heavy atom. The fraction of sp³-hybridized carbons (Fsp3) is 0.100. The number of fused-ring (bicyclic) bond motifs is 8. The van der Waals surface area contributed by atoms with Gasteiger partial charge in [0.1, 0.15) is 0 Å². The van der Waals surface area contributed by atoms with E-state index in [1.807, 2.05) is 97.1 Å². The third kappa shape index (κ3) is 14.4. The van der Waals surface area contributed by atoms with Crippen LogP contribution in [0.4, 0.5) is 0 Å². The van der Waals surface area contributed by atoms with Crippen LogP contribution >= 0.6 is 0 Å². The Morgan fingerprint density at radius 2 is 0.480 bits per heavy atom. The van der Waals surface area contributed by atoms with Crippen molar-refractivity contribution >= 4 is 70.0 Å². The lowest BCUT2D eigenvalue weighted by Crippen LogP contribution is -2.25. The zero-order valence-electron chi connectivity index (χ0n) is 53.5. The van der Waals surface area contributed by atoms with Crippen molar-refractivity contribution in [2.45, 2.75) is 25.7 Å². The Labute approximate surface area is 572 Å². The molecule has 20 nitrogen and oxygen atoms in total. The number of aromatic hydroxyl groups is 8. The summed E-state index contributed by atoms with van der Waals surface area (Å²) in [5.74, 6) is -3.22. The summed E-state index contributed by atoms with van der Waals surface area (Å²) < 4.78 is 0. The Balaban J connectivity index is 0.925. The van der Waals surface area contributed by atoms with Gasteiger partial charge in [-0.05, 0) is 216 Å². The number of aromatic nitrogens is 4. The van der Waals surface area contributed by atoms with Crippen LogP contribution in [0.2, 0.25) is 0 Å². The number of benzene rings is 8. The first-order chi connectivity index (χ1) is 48.5. The van der Waals surface area contributed by atoms with Gasteiger partial charge in [-0.15, -0.1) is 0 Å². The number of phenols is 8. The van der Waals surface area contributed by atoms with Crippen molar-refractivity contribution in [1.82, 2.24) is 41.2 Å². The maximum Gasteiger partial charge on any atom is 0.251 e. The highest BCUT2D eigenvalue weighted by Gasteiger charge is 2.22. The summed E-state index contributed by atoms with van der Waals surface area (Å²) in [7, 11) is 0. The van der Waals surface area contributed by atoms with Crippen LogP contribution in [0.3, 0.4) is 0 Å². The lowest BCUT2D eigenvalue weighted by atomic mass is 10.0. The standard InChI is InChI=1S/C80H66N8O12/c89-65-29-1-45(41-69(65)93)33-37-81-77(97)53-13-5-49(6-14-53)73-57-21-23-59(85-57)74(50-7-15-54(16-8-50)78(98)82-38-34-46-2-30-66(90)70(94)42-46)61-25-27-63(87-61)76(52-11-19-56(20-12-52)80(100)84-40-36-48-4-32-68(92)72(96)44-48)64-28-26-62(88-64)75(60-24-22-58(73)86-60)51-9-17-55(18-10-51)79(99)83-39-35-47-3-31-67(91)71(95)43-47/h1-32,41-44,85,88-96H,33-40H2,(H,81,97)(H,82,98)(H,83,99)(H,84,100). The topological polar surface area (TPSA) is 336 Å². The Bertz CT molecular complexity index is 4610. The Hall–Kier alpha value is -13.4. The summed E-state index contributed by atoms with van der Waals surface area (Å²) in [4.78, 5) is 73.1. The molecular formula is C80H66N8O12. The van der Waals surface area contributed by atoms with E-state index in [-0.39, 0.29) is 95.8 Å². The van der Waals surface area contributed by atoms with E-state index < -0.39 is 0 Å². The molecular weight excluding hydrogens is 1260 g/mol. The average Bonchev–Trinajstić information content (AvgIpc) is 1.63. The molecule has 100 heavy (non-hydrogen) atoms. The molecule has 3 aromatic heterocycles. The quantitative estimate of drug-likeness (QED) is 0.0316. The summed E-state index contributed by atoms with van der Waals surface area (Å²) in [6.45, 7) is 1.04. The van der Waals surface area contributed by atoms with Gasteiger partial charge in [0.05, 0.1) is 22.8 Å². The second kappa shape index (κ2) is 28.5. The normalized spacial score (nSPS) is 11.5. The van der Waals surface area contributed by atoms with Gasteiger partial charge in [-0.3, -0.25) is 19.2 Å². The first-order valence-corrected chi connectivity index (χ1v) is 32.2. The van der Waals surface area contributed by atoms with Gasteiger partial charge in [0.15, 0.2) is 46.0 Å². The lowest BCUT2D eigenvalue weighted by Gasteiger charge is -2.10. The molecule has 8 bridgehead atoms. The van der Waals surface area contributed by atoms with Crippen molar-refractivity contribution in [1.29, 1.82) is 0 Å². The zero-order valence-corrected chi connectivity index (χ0v) is 53.5. The fourth-order valence-corrected chi connectivity index (χ4v) is 12.2. The average molecular weight is 1330 g/mol.